The monoisotopic (exact) mass is 369 g/mol. The van der Waals surface area contributed by atoms with Crippen molar-refractivity contribution in [3.8, 4) is 5.75 Å². The topological polar surface area (TPSA) is 82.1 Å². The zero-order chi connectivity index (χ0) is 19.4. The van der Waals surface area contributed by atoms with E-state index in [4.69, 9.17) is 4.74 Å². The quantitative estimate of drug-likeness (QED) is 0.843. The highest BCUT2D eigenvalue weighted by atomic mass is 16.5. The number of para-hydroxylation sites is 2. The van der Waals surface area contributed by atoms with Crippen LogP contribution in [0.15, 0.2) is 42.5 Å². The molecule has 2 aromatic carbocycles. The Morgan fingerprint density at radius 3 is 2.22 bits per heavy atom. The molecule has 0 saturated carbocycles. The Morgan fingerprint density at radius 2 is 1.63 bits per heavy atom. The van der Waals surface area contributed by atoms with Gasteiger partial charge >= 0.3 is 5.97 Å². The Bertz CT molecular complexity index is 845. The van der Waals surface area contributed by atoms with Crippen molar-refractivity contribution in [1.29, 1.82) is 0 Å². The van der Waals surface area contributed by atoms with Crippen molar-refractivity contribution in [3.05, 3.63) is 48.0 Å². The molecule has 7 heteroatoms. The van der Waals surface area contributed by atoms with Gasteiger partial charge in [-0.2, -0.15) is 0 Å². The zero-order valence-corrected chi connectivity index (χ0v) is 15.4. The van der Waals surface area contributed by atoms with Gasteiger partial charge in [0.05, 0.1) is 24.0 Å². The number of carboxylic acids is 1. The summed E-state index contributed by atoms with van der Waals surface area (Å²) in [6.07, 6.45) is 0. The molecule has 1 saturated heterocycles. The summed E-state index contributed by atoms with van der Waals surface area (Å²) in [6, 6.07) is 12.9. The number of nitrogens with zero attached hydrogens (tertiary/aromatic N) is 2. The summed E-state index contributed by atoms with van der Waals surface area (Å²) in [7, 11) is 1.66. The predicted molar refractivity (Wildman–Crippen MR) is 105 cm³/mol. The average Bonchev–Trinajstić information content (AvgIpc) is 2.67. The van der Waals surface area contributed by atoms with Crippen LogP contribution in [-0.4, -0.2) is 50.3 Å². The molecule has 1 aliphatic rings. The largest absolute Gasteiger partial charge is 0.495 e. The van der Waals surface area contributed by atoms with Crippen LogP contribution in [0.1, 0.15) is 17.3 Å². The van der Waals surface area contributed by atoms with Crippen molar-refractivity contribution < 1.29 is 19.4 Å². The fraction of sp³-hybridized carbons (Fsp3) is 0.300. The molecule has 0 spiro atoms. The molecule has 142 valence electrons. The number of amides is 1. The molecule has 27 heavy (non-hydrogen) atoms. The van der Waals surface area contributed by atoms with Crippen LogP contribution in [0, 0.1) is 0 Å². The number of hydrogen-bond donors (Lipinski definition) is 2. The van der Waals surface area contributed by atoms with Gasteiger partial charge < -0.3 is 25.0 Å². The first-order chi connectivity index (χ1) is 13.0. The first-order valence-electron chi connectivity index (χ1n) is 8.77. The molecule has 1 aliphatic heterocycles. The molecule has 3 rings (SSSR count). The highest BCUT2D eigenvalue weighted by molar-refractivity contribution is 5.97. The molecule has 1 fully saturated rings. The third-order valence-electron chi connectivity index (χ3n) is 4.59. The van der Waals surface area contributed by atoms with Crippen molar-refractivity contribution in [2.45, 2.75) is 6.92 Å². The Morgan fingerprint density at radius 1 is 1.00 bits per heavy atom. The molecule has 0 atom stereocenters. The lowest BCUT2D eigenvalue weighted by Crippen LogP contribution is -2.47. The van der Waals surface area contributed by atoms with E-state index < -0.39 is 5.97 Å². The molecule has 2 N–H and O–H groups in total. The number of aromatic carboxylic acids is 1. The first kappa shape index (κ1) is 18.6. The molecule has 7 nitrogen and oxygen atoms in total. The minimum absolute atomic E-state index is 0.187. The van der Waals surface area contributed by atoms with Gasteiger partial charge in [-0.15, -0.1) is 0 Å². The lowest BCUT2D eigenvalue weighted by atomic mass is 10.1. The van der Waals surface area contributed by atoms with E-state index in [0.717, 1.165) is 24.5 Å². The number of hydrogen-bond acceptors (Lipinski definition) is 5. The SMILES string of the molecule is COc1ccccc1N1CCN(c2ccc(NC(C)=O)cc2C(=O)O)CC1. The summed E-state index contributed by atoms with van der Waals surface area (Å²) in [5, 5.41) is 12.2. The van der Waals surface area contributed by atoms with Crippen LogP contribution in [0.5, 0.6) is 5.75 Å². The van der Waals surface area contributed by atoms with Crippen LogP contribution in [0.2, 0.25) is 0 Å². The van der Waals surface area contributed by atoms with Crippen molar-refractivity contribution in [3.63, 3.8) is 0 Å². The Labute approximate surface area is 158 Å². The molecule has 0 unspecified atom stereocenters. The molecular weight excluding hydrogens is 346 g/mol. The van der Waals surface area contributed by atoms with Crippen LogP contribution < -0.4 is 19.9 Å². The maximum atomic E-state index is 11.7. The molecular formula is C20H23N3O4. The minimum Gasteiger partial charge on any atom is -0.495 e. The molecule has 1 amide bonds. The zero-order valence-electron chi connectivity index (χ0n) is 15.4. The highest BCUT2D eigenvalue weighted by Gasteiger charge is 2.23. The normalized spacial score (nSPS) is 14.0. The van der Waals surface area contributed by atoms with Crippen molar-refractivity contribution in [1.82, 2.24) is 0 Å². The van der Waals surface area contributed by atoms with Gasteiger partial charge in [0, 0.05) is 38.8 Å². The van der Waals surface area contributed by atoms with Gasteiger partial charge in [-0.3, -0.25) is 4.79 Å². The van der Waals surface area contributed by atoms with Gasteiger partial charge in [0.15, 0.2) is 0 Å². The molecule has 0 aromatic heterocycles. The van der Waals surface area contributed by atoms with E-state index in [2.05, 4.69) is 15.1 Å². The highest BCUT2D eigenvalue weighted by Crippen LogP contribution is 2.30. The molecule has 0 radical (unpaired) electrons. The van der Waals surface area contributed by atoms with Gasteiger partial charge in [-0.1, -0.05) is 12.1 Å². The summed E-state index contributed by atoms with van der Waals surface area (Å²) in [5.41, 5.74) is 2.37. The predicted octanol–water partition coefficient (Wildman–Crippen LogP) is 2.68. The van der Waals surface area contributed by atoms with Crippen molar-refractivity contribution in [2.75, 3.05) is 48.4 Å². The second-order valence-electron chi connectivity index (χ2n) is 6.36. The number of benzene rings is 2. The van der Waals surface area contributed by atoms with Crippen LogP contribution >= 0.6 is 0 Å². The molecule has 2 aromatic rings. The van der Waals surface area contributed by atoms with E-state index in [1.807, 2.05) is 24.3 Å². The van der Waals surface area contributed by atoms with Gasteiger partial charge in [-0.05, 0) is 30.3 Å². The first-order valence-corrected chi connectivity index (χ1v) is 8.77. The number of anilines is 3. The Hall–Kier alpha value is -3.22. The van der Waals surface area contributed by atoms with E-state index in [1.54, 1.807) is 19.2 Å². The average molecular weight is 369 g/mol. The molecule has 0 bridgehead atoms. The maximum absolute atomic E-state index is 11.7. The summed E-state index contributed by atoms with van der Waals surface area (Å²) >= 11 is 0. The van der Waals surface area contributed by atoms with Gasteiger partial charge in [-0.25, -0.2) is 4.79 Å². The Balaban J connectivity index is 1.77. The number of piperazine rings is 1. The number of rotatable bonds is 5. The third kappa shape index (κ3) is 4.13. The van der Waals surface area contributed by atoms with E-state index in [-0.39, 0.29) is 11.5 Å². The fourth-order valence-corrected chi connectivity index (χ4v) is 3.34. The number of carbonyl (C=O) groups is 2. The maximum Gasteiger partial charge on any atom is 0.337 e. The van der Waals surface area contributed by atoms with Gasteiger partial charge in [0.2, 0.25) is 5.91 Å². The lowest BCUT2D eigenvalue weighted by Gasteiger charge is -2.38. The summed E-state index contributed by atoms with van der Waals surface area (Å²) < 4.78 is 5.44. The van der Waals surface area contributed by atoms with Crippen molar-refractivity contribution >= 4 is 28.9 Å². The number of ether oxygens (including phenoxy) is 1. The summed E-state index contributed by atoms with van der Waals surface area (Å²) in [4.78, 5) is 27.2. The van der Waals surface area contributed by atoms with Crippen molar-refractivity contribution in [2.24, 2.45) is 0 Å². The van der Waals surface area contributed by atoms with Gasteiger partial charge in [0.1, 0.15) is 5.75 Å². The van der Waals surface area contributed by atoms with E-state index >= 15 is 0 Å². The van der Waals surface area contributed by atoms with E-state index in [1.165, 1.54) is 13.0 Å². The number of methoxy groups -OCH3 is 1. The number of carboxylic acid groups (broad SMARTS) is 1. The summed E-state index contributed by atoms with van der Waals surface area (Å²) in [6.45, 7) is 4.29. The molecule has 1 heterocycles. The van der Waals surface area contributed by atoms with Crippen LogP contribution in [0.4, 0.5) is 17.1 Å². The van der Waals surface area contributed by atoms with Crippen LogP contribution in [0.3, 0.4) is 0 Å². The van der Waals surface area contributed by atoms with Crippen LogP contribution in [0.25, 0.3) is 0 Å². The summed E-state index contributed by atoms with van der Waals surface area (Å²) in [5.74, 6) is -0.411. The van der Waals surface area contributed by atoms with E-state index in [9.17, 15) is 14.7 Å². The second kappa shape index (κ2) is 7.99. The second-order valence-corrected chi connectivity index (χ2v) is 6.36. The van der Waals surface area contributed by atoms with Crippen LogP contribution in [-0.2, 0) is 4.79 Å². The third-order valence-corrected chi connectivity index (χ3v) is 4.59. The number of nitrogens with one attached hydrogen (secondary N) is 1. The van der Waals surface area contributed by atoms with Gasteiger partial charge in [0.25, 0.3) is 0 Å². The standard InChI is InChI=1S/C20H23N3O4/c1-14(24)21-15-7-8-17(16(13-15)20(25)26)22-9-11-23(12-10-22)18-5-3-4-6-19(18)27-2/h3-8,13H,9-12H2,1-2H3,(H,21,24)(H,25,26). The smallest absolute Gasteiger partial charge is 0.337 e. The minimum atomic E-state index is -1.01. The number of carbonyl (C=O) groups excluding carboxylic acids is 1. The lowest BCUT2D eigenvalue weighted by molar-refractivity contribution is -0.114. The molecule has 0 aliphatic carbocycles. The Kier molecular flexibility index (Phi) is 5.49. The van der Waals surface area contributed by atoms with E-state index in [0.29, 0.717) is 24.5 Å². The fourth-order valence-electron chi connectivity index (χ4n) is 3.34.